The van der Waals surface area contributed by atoms with Crippen LogP contribution in [0.2, 0.25) is 0 Å². The highest BCUT2D eigenvalue weighted by molar-refractivity contribution is 7.87. The van der Waals surface area contributed by atoms with Gasteiger partial charge in [-0.15, -0.1) is 23.2 Å². The van der Waals surface area contributed by atoms with Crippen LogP contribution in [-0.4, -0.2) is 18.5 Å². The van der Waals surface area contributed by atoms with Crippen molar-refractivity contribution in [3.63, 3.8) is 0 Å². The molecule has 1 aliphatic rings. The molecule has 0 spiro atoms. The van der Waals surface area contributed by atoms with Crippen LogP contribution in [0.1, 0.15) is 18.4 Å². The minimum absolute atomic E-state index is 0.000323. The third-order valence-corrected chi connectivity index (χ3v) is 4.97. The van der Waals surface area contributed by atoms with Crippen molar-refractivity contribution in [2.24, 2.45) is 5.92 Å². The zero-order valence-electron chi connectivity index (χ0n) is 9.84. The lowest BCUT2D eigenvalue weighted by atomic mass is 10.2. The van der Waals surface area contributed by atoms with Crippen molar-refractivity contribution in [2.45, 2.75) is 17.2 Å². The van der Waals surface area contributed by atoms with E-state index in [1.165, 1.54) is 12.1 Å². The molecule has 1 unspecified atom stereocenters. The Morgan fingerprint density at radius 2 is 2.16 bits per heavy atom. The lowest BCUT2D eigenvalue weighted by Gasteiger charge is -2.07. The standard InChI is InChI=1S/C12H11Cl2NO3S/c13-12(14)7-10(12)4-5-19(16,17)18-11-3-1-2-9(6-11)8-15/h1-3,6,10H,4-5,7H2. The van der Waals surface area contributed by atoms with E-state index >= 15 is 0 Å². The first-order valence-electron chi connectivity index (χ1n) is 5.62. The van der Waals surface area contributed by atoms with Crippen LogP contribution in [0.4, 0.5) is 0 Å². The van der Waals surface area contributed by atoms with Gasteiger partial charge in [0, 0.05) is 0 Å². The Kier molecular flexibility index (Phi) is 3.95. The number of alkyl halides is 2. The van der Waals surface area contributed by atoms with E-state index in [1.807, 2.05) is 6.07 Å². The average molecular weight is 320 g/mol. The third kappa shape index (κ3) is 4.00. The smallest absolute Gasteiger partial charge is 0.309 e. The van der Waals surface area contributed by atoms with Crippen LogP contribution in [-0.2, 0) is 10.1 Å². The summed E-state index contributed by atoms with van der Waals surface area (Å²) in [5.74, 6) is -0.00663. The maximum atomic E-state index is 11.8. The third-order valence-electron chi connectivity index (χ3n) is 2.86. The van der Waals surface area contributed by atoms with E-state index in [0.29, 0.717) is 18.4 Å². The molecule has 0 N–H and O–H groups in total. The van der Waals surface area contributed by atoms with Gasteiger partial charge in [0.15, 0.2) is 0 Å². The fourth-order valence-corrected chi connectivity index (χ4v) is 3.32. The highest BCUT2D eigenvalue weighted by Gasteiger charge is 2.51. The van der Waals surface area contributed by atoms with E-state index in [1.54, 1.807) is 12.1 Å². The van der Waals surface area contributed by atoms with Crippen LogP contribution in [0.3, 0.4) is 0 Å². The van der Waals surface area contributed by atoms with Gasteiger partial charge in [-0.2, -0.15) is 13.7 Å². The number of benzene rings is 1. The molecule has 7 heteroatoms. The van der Waals surface area contributed by atoms with Crippen molar-refractivity contribution in [1.29, 1.82) is 5.26 Å². The summed E-state index contributed by atoms with van der Waals surface area (Å²) in [7, 11) is -3.69. The number of hydrogen-bond acceptors (Lipinski definition) is 4. The normalized spacial score (nSPS) is 20.6. The zero-order chi connectivity index (χ0) is 14.1. The molecular weight excluding hydrogens is 309 g/mol. The second-order valence-corrected chi connectivity index (χ2v) is 7.67. The van der Waals surface area contributed by atoms with Crippen molar-refractivity contribution in [3.8, 4) is 11.8 Å². The van der Waals surface area contributed by atoms with Crippen LogP contribution >= 0.6 is 23.2 Å². The minimum atomic E-state index is -3.69. The first-order chi connectivity index (χ1) is 8.82. The number of nitrogens with zero attached hydrogens (tertiary/aromatic N) is 1. The molecule has 0 aliphatic heterocycles. The molecule has 19 heavy (non-hydrogen) atoms. The predicted molar refractivity (Wildman–Crippen MR) is 72.7 cm³/mol. The fraction of sp³-hybridized carbons (Fsp3) is 0.417. The van der Waals surface area contributed by atoms with Crippen molar-refractivity contribution < 1.29 is 12.6 Å². The van der Waals surface area contributed by atoms with Gasteiger partial charge in [-0.1, -0.05) is 6.07 Å². The summed E-state index contributed by atoms with van der Waals surface area (Å²) in [6.45, 7) is 0. The average Bonchev–Trinajstić information content (AvgIpc) is 2.94. The number of hydrogen-bond donors (Lipinski definition) is 0. The van der Waals surface area contributed by atoms with Crippen molar-refractivity contribution in [2.75, 3.05) is 5.75 Å². The van der Waals surface area contributed by atoms with E-state index in [2.05, 4.69) is 0 Å². The molecule has 0 saturated heterocycles. The lowest BCUT2D eigenvalue weighted by Crippen LogP contribution is -2.15. The Morgan fingerprint density at radius 1 is 1.47 bits per heavy atom. The highest BCUT2D eigenvalue weighted by atomic mass is 35.5. The molecule has 2 rings (SSSR count). The summed E-state index contributed by atoms with van der Waals surface area (Å²) in [5, 5.41) is 8.72. The topological polar surface area (TPSA) is 67.2 Å². The highest BCUT2D eigenvalue weighted by Crippen LogP contribution is 2.54. The minimum Gasteiger partial charge on any atom is -0.382 e. The Morgan fingerprint density at radius 3 is 2.74 bits per heavy atom. The van der Waals surface area contributed by atoms with E-state index in [4.69, 9.17) is 32.6 Å². The molecule has 102 valence electrons. The maximum absolute atomic E-state index is 11.8. The van der Waals surface area contributed by atoms with Gasteiger partial charge < -0.3 is 4.18 Å². The van der Waals surface area contributed by atoms with Crippen molar-refractivity contribution >= 4 is 33.3 Å². The summed E-state index contributed by atoms with van der Waals surface area (Å²) in [5.41, 5.74) is 0.343. The Balaban J connectivity index is 1.95. The van der Waals surface area contributed by atoms with Crippen LogP contribution in [0.25, 0.3) is 0 Å². The molecule has 1 aromatic carbocycles. The van der Waals surface area contributed by atoms with Crippen molar-refractivity contribution in [3.05, 3.63) is 29.8 Å². The maximum Gasteiger partial charge on any atom is 0.309 e. The van der Waals surface area contributed by atoms with Gasteiger partial charge in [0.25, 0.3) is 0 Å². The zero-order valence-corrected chi connectivity index (χ0v) is 12.2. The van der Waals surface area contributed by atoms with Gasteiger partial charge in [0.1, 0.15) is 10.1 Å². The Bertz CT molecular complexity index is 622. The Hall–Kier alpha value is -0.960. The van der Waals surface area contributed by atoms with Gasteiger partial charge in [-0.3, -0.25) is 0 Å². The van der Waals surface area contributed by atoms with Crippen LogP contribution in [0.15, 0.2) is 24.3 Å². The summed E-state index contributed by atoms with van der Waals surface area (Å²) >= 11 is 11.7. The van der Waals surface area contributed by atoms with E-state index < -0.39 is 14.5 Å². The van der Waals surface area contributed by atoms with Gasteiger partial charge in [0.05, 0.1) is 17.4 Å². The molecule has 1 aliphatic carbocycles. The number of rotatable bonds is 5. The van der Waals surface area contributed by atoms with Gasteiger partial charge in [-0.25, -0.2) is 0 Å². The largest absolute Gasteiger partial charge is 0.382 e. The lowest BCUT2D eigenvalue weighted by molar-refractivity contribution is 0.482. The second kappa shape index (κ2) is 5.20. The molecule has 4 nitrogen and oxygen atoms in total. The molecule has 0 heterocycles. The van der Waals surface area contributed by atoms with E-state index in [-0.39, 0.29) is 17.4 Å². The Labute approximate surface area is 122 Å². The fourth-order valence-electron chi connectivity index (χ4n) is 1.68. The first-order valence-corrected chi connectivity index (χ1v) is 7.96. The molecule has 0 bridgehead atoms. The second-order valence-electron chi connectivity index (χ2n) is 4.44. The van der Waals surface area contributed by atoms with Crippen LogP contribution in [0.5, 0.6) is 5.75 Å². The molecule has 1 saturated carbocycles. The first kappa shape index (κ1) is 14.4. The number of nitriles is 1. The molecule has 1 fully saturated rings. The van der Waals surface area contributed by atoms with Crippen molar-refractivity contribution in [1.82, 2.24) is 0 Å². The quantitative estimate of drug-likeness (QED) is 0.618. The molecular formula is C12H11Cl2NO3S. The van der Waals surface area contributed by atoms with Crippen LogP contribution < -0.4 is 4.18 Å². The van der Waals surface area contributed by atoms with Gasteiger partial charge >= 0.3 is 10.1 Å². The monoisotopic (exact) mass is 319 g/mol. The summed E-state index contributed by atoms with van der Waals surface area (Å²) in [4.78, 5) is 0. The molecule has 1 aromatic rings. The van der Waals surface area contributed by atoms with Gasteiger partial charge in [0.2, 0.25) is 0 Å². The SMILES string of the molecule is N#Cc1cccc(OS(=O)(=O)CCC2CC2(Cl)Cl)c1. The molecule has 0 amide bonds. The summed E-state index contributed by atoms with van der Waals surface area (Å²) < 4.78 is 27.6. The predicted octanol–water partition coefficient (Wildman–Crippen LogP) is 2.85. The van der Waals surface area contributed by atoms with Crippen LogP contribution in [0, 0.1) is 17.2 Å². The van der Waals surface area contributed by atoms with Gasteiger partial charge in [-0.05, 0) is 37.0 Å². The summed E-state index contributed by atoms with van der Waals surface area (Å²) in [6.07, 6.45) is 0.975. The molecule has 1 atom stereocenters. The van der Waals surface area contributed by atoms with E-state index in [0.717, 1.165) is 0 Å². The van der Waals surface area contributed by atoms with E-state index in [9.17, 15) is 8.42 Å². The molecule has 0 aromatic heterocycles. The number of halogens is 2. The molecule has 0 radical (unpaired) electrons. The summed E-state index contributed by atoms with van der Waals surface area (Å²) in [6, 6.07) is 7.91.